The van der Waals surface area contributed by atoms with Crippen LogP contribution < -0.4 is 5.73 Å². The Morgan fingerprint density at radius 3 is 2.72 bits per heavy atom. The van der Waals surface area contributed by atoms with Crippen molar-refractivity contribution in [3.8, 4) is 0 Å². The van der Waals surface area contributed by atoms with E-state index in [1.54, 1.807) is 19.1 Å². The molecule has 1 heterocycles. The number of ether oxygens (including phenoxy) is 1. The minimum atomic E-state index is -3.53. The SMILES string of the molecule is Cc1ccc(S(=O)(=O)N2CCOCC2N)c(C)c1. The molecule has 0 spiro atoms. The van der Waals surface area contributed by atoms with Crippen molar-refractivity contribution in [2.45, 2.75) is 24.9 Å². The van der Waals surface area contributed by atoms with Gasteiger partial charge >= 0.3 is 0 Å². The first-order valence-corrected chi connectivity index (χ1v) is 7.29. The van der Waals surface area contributed by atoms with Crippen LogP contribution in [0, 0.1) is 13.8 Å². The normalized spacial score (nSPS) is 22.1. The molecule has 100 valence electrons. The molecule has 1 saturated heterocycles. The third-order valence-corrected chi connectivity index (χ3v) is 5.12. The summed E-state index contributed by atoms with van der Waals surface area (Å²) in [6.07, 6.45) is -0.607. The van der Waals surface area contributed by atoms with E-state index < -0.39 is 16.2 Å². The molecule has 0 saturated carbocycles. The number of benzene rings is 1. The van der Waals surface area contributed by atoms with E-state index in [0.29, 0.717) is 18.0 Å². The van der Waals surface area contributed by atoms with Gasteiger partial charge in [0.1, 0.15) is 0 Å². The van der Waals surface area contributed by atoms with Gasteiger partial charge in [-0.2, -0.15) is 4.31 Å². The van der Waals surface area contributed by atoms with Crippen LogP contribution in [0.4, 0.5) is 0 Å². The van der Waals surface area contributed by atoms with Crippen LogP contribution in [0.3, 0.4) is 0 Å². The number of hydrogen-bond donors (Lipinski definition) is 1. The molecule has 2 rings (SSSR count). The molecule has 18 heavy (non-hydrogen) atoms. The van der Waals surface area contributed by atoms with Gasteiger partial charge in [-0.25, -0.2) is 8.42 Å². The van der Waals surface area contributed by atoms with Crippen LogP contribution in [-0.4, -0.2) is 38.6 Å². The molecule has 1 aliphatic rings. The Bertz CT molecular complexity index is 542. The highest BCUT2D eigenvalue weighted by molar-refractivity contribution is 7.89. The lowest BCUT2D eigenvalue weighted by molar-refractivity contribution is 0.0350. The Morgan fingerprint density at radius 1 is 1.39 bits per heavy atom. The molecule has 1 aliphatic heterocycles. The molecule has 0 aliphatic carbocycles. The van der Waals surface area contributed by atoms with Crippen LogP contribution in [0.25, 0.3) is 0 Å². The molecular formula is C12H18N2O3S. The highest BCUT2D eigenvalue weighted by atomic mass is 32.2. The molecule has 0 radical (unpaired) electrons. The number of morpholine rings is 1. The van der Waals surface area contributed by atoms with Gasteiger partial charge in [0.25, 0.3) is 0 Å². The van der Waals surface area contributed by atoms with E-state index in [1.165, 1.54) is 4.31 Å². The van der Waals surface area contributed by atoms with Gasteiger partial charge in [-0.3, -0.25) is 0 Å². The average molecular weight is 270 g/mol. The number of hydrogen-bond acceptors (Lipinski definition) is 4. The van der Waals surface area contributed by atoms with Gasteiger partial charge in [-0.05, 0) is 25.5 Å². The molecule has 2 N–H and O–H groups in total. The quantitative estimate of drug-likeness (QED) is 0.854. The number of sulfonamides is 1. The van der Waals surface area contributed by atoms with Crippen LogP contribution in [0.2, 0.25) is 0 Å². The Kier molecular flexibility index (Phi) is 3.72. The molecule has 5 nitrogen and oxygen atoms in total. The maximum Gasteiger partial charge on any atom is 0.244 e. The zero-order valence-corrected chi connectivity index (χ0v) is 11.4. The molecule has 0 bridgehead atoms. The van der Waals surface area contributed by atoms with Crippen molar-refractivity contribution < 1.29 is 13.2 Å². The first-order valence-electron chi connectivity index (χ1n) is 5.85. The Balaban J connectivity index is 2.41. The first-order chi connectivity index (χ1) is 8.43. The topological polar surface area (TPSA) is 72.6 Å². The number of nitrogens with two attached hydrogens (primary N) is 1. The summed E-state index contributed by atoms with van der Waals surface area (Å²) in [5, 5.41) is 0. The van der Waals surface area contributed by atoms with Gasteiger partial charge in [0, 0.05) is 6.54 Å². The van der Waals surface area contributed by atoms with E-state index in [2.05, 4.69) is 0 Å². The Hall–Kier alpha value is -0.950. The molecule has 1 fully saturated rings. The summed E-state index contributed by atoms with van der Waals surface area (Å²) in [4.78, 5) is 0.324. The van der Waals surface area contributed by atoms with Crippen LogP contribution in [0.15, 0.2) is 23.1 Å². The van der Waals surface area contributed by atoms with Crippen molar-refractivity contribution in [1.82, 2.24) is 4.31 Å². The smallest absolute Gasteiger partial charge is 0.244 e. The highest BCUT2D eigenvalue weighted by Crippen LogP contribution is 2.22. The molecule has 1 aromatic rings. The van der Waals surface area contributed by atoms with Crippen molar-refractivity contribution in [3.05, 3.63) is 29.3 Å². The molecule has 1 aromatic carbocycles. The van der Waals surface area contributed by atoms with Crippen LogP contribution in [-0.2, 0) is 14.8 Å². The molecule has 0 aromatic heterocycles. The van der Waals surface area contributed by atoms with Gasteiger partial charge in [0.15, 0.2) is 0 Å². The summed E-state index contributed by atoms with van der Waals surface area (Å²) in [5.41, 5.74) is 7.59. The van der Waals surface area contributed by atoms with E-state index in [9.17, 15) is 8.42 Å². The van der Waals surface area contributed by atoms with Crippen LogP contribution in [0.5, 0.6) is 0 Å². The minimum absolute atomic E-state index is 0.240. The first kappa shape index (κ1) is 13.5. The highest BCUT2D eigenvalue weighted by Gasteiger charge is 2.32. The minimum Gasteiger partial charge on any atom is -0.377 e. The van der Waals surface area contributed by atoms with E-state index in [-0.39, 0.29) is 6.61 Å². The zero-order valence-electron chi connectivity index (χ0n) is 10.6. The van der Waals surface area contributed by atoms with E-state index >= 15 is 0 Å². The molecular weight excluding hydrogens is 252 g/mol. The second kappa shape index (κ2) is 4.97. The molecule has 0 amide bonds. The Morgan fingerprint density at radius 2 is 2.11 bits per heavy atom. The summed E-state index contributed by atoms with van der Waals surface area (Å²) in [5.74, 6) is 0. The zero-order chi connectivity index (χ0) is 13.3. The molecule has 6 heteroatoms. The second-order valence-electron chi connectivity index (χ2n) is 4.53. The fraction of sp³-hybridized carbons (Fsp3) is 0.500. The fourth-order valence-electron chi connectivity index (χ4n) is 2.12. The summed E-state index contributed by atoms with van der Waals surface area (Å²) >= 11 is 0. The lowest BCUT2D eigenvalue weighted by Gasteiger charge is -2.32. The maximum atomic E-state index is 12.5. The van der Waals surface area contributed by atoms with Crippen molar-refractivity contribution in [2.75, 3.05) is 19.8 Å². The van der Waals surface area contributed by atoms with Gasteiger partial charge in [0.2, 0.25) is 10.0 Å². The summed E-state index contributed by atoms with van der Waals surface area (Å²) in [7, 11) is -3.53. The van der Waals surface area contributed by atoms with Gasteiger partial charge in [-0.1, -0.05) is 17.7 Å². The lowest BCUT2D eigenvalue weighted by atomic mass is 10.2. The fourth-order valence-corrected chi connectivity index (χ4v) is 3.81. The number of rotatable bonds is 2. The summed E-state index contributed by atoms with van der Waals surface area (Å²) in [6.45, 7) is 4.66. The van der Waals surface area contributed by atoms with Crippen molar-refractivity contribution in [2.24, 2.45) is 5.73 Å². The summed E-state index contributed by atoms with van der Waals surface area (Å²) in [6, 6.07) is 5.30. The van der Waals surface area contributed by atoms with Crippen LogP contribution in [0.1, 0.15) is 11.1 Å². The van der Waals surface area contributed by atoms with Crippen LogP contribution >= 0.6 is 0 Å². The second-order valence-corrected chi connectivity index (χ2v) is 6.39. The number of aryl methyl sites for hydroxylation is 2. The van der Waals surface area contributed by atoms with Gasteiger partial charge in [-0.15, -0.1) is 0 Å². The maximum absolute atomic E-state index is 12.5. The third kappa shape index (κ3) is 2.42. The molecule has 1 atom stereocenters. The van der Waals surface area contributed by atoms with E-state index in [4.69, 9.17) is 10.5 Å². The largest absolute Gasteiger partial charge is 0.377 e. The van der Waals surface area contributed by atoms with Gasteiger partial charge in [0.05, 0.1) is 24.3 Å². The average Bonchev–Trinajstić information content (AvgIpc) is 2.28. The lowest BCUT2D eigenvalue weighted by Crippen LogP contribution is -2.53. The van der Waals surface area contributed by atoms with Crippen molar-refractivity contribution in [1.29, 1.82) is 0 Å². The predicted molar refractivity (Wildman–Crippen MR) is 68.6 cm³/mol. The number of nitrogens with zero attached hydrogens (tertiary/aromatic N) is 1. The van der Waals surface area contributed by atoms with E-state index in [0.717, 1.165) is 11.1 Å². The standard InChI is InChI=1S/C12H18N2O3S/c1-9-3-4-11(10(2)7-9)18(15,16)14-5-6-17-8-12(14)13/h3-4,7,12H,5-6,8,13H2,1-2H3. The third-order valence-electron chi connectivity index (χ3n) is 3.03. The Labute approximate surface area is 108 Å². The van der Waals surface area contributed by atoms with E-state index in [1.807, 2.05) is 13.0 Å². The monoisotopic (exact) mass is 270 g/mol. The van der Waals surface area contributed by atoms with Crippen molar-refractivity contribution >= 4 is 10.0 Å². The predicted octanol–water partition coefficient (Wildman–Crippen LogP) is 0.609. The van der Waals surface area contributed by atoms with Crippen molar-refractivity contribution in [3.63, 3.8) is 0 Å². The summed E-state index contributed by atoms with van der Waals surface area (Å²) < 4.78 is 31.5. The molecule has 1 unspecified atom stereocenters. The van der Waals surface area contributed by atoms with Gasteiger partial charge < -0.3 is 10.5 Å².